The van der Waals surface area contributed by atoms with Crippen LogP contribution >= 0.6 is 0 Å². The van der Waals surface area contributed by atoms with Crippen LogP contribution in [0.1, 0.15) is 48.1 Å². The zero-order valence-corrected chi connectivity index (χ0v) is 11.5. The fourth-order valence-corrected chi connectivity index (χ4v) is 2.06. The topological polar surface area (TPSA) is 34.0 Å². The lowest BCUT2D eigenvalue weighted by molar-refractivity contribution is 0.277. The van der Waals surface area contributed by atoms with Crippen molar-refractivity contribution in [2.45, 2.75) is 54.5 Å². The van der Waals surface area contributed by atoms with Crippen molar-refractivity contribution < 1.29 is 4.74 Å². The summed E-state index contributed by atoms with van der Waals surface area (Å²) in [6.45, 7) is 8.81. The summed E-state index contributed by atoms with van der Waals surface area (Å²) >= 11 is 0. The molecule has 3 rings (SSSR count). The first-order chi connectivity index (χ1) is 8.46. The third kappa shape index (κ3) is 4.80. The standard InChI is InChI=1S/C9H9N.C6H11NO.2CH4/c1-7-6-8-4-2-3-5-9(8)10-7;1-5-7-6(2,3)4-8-5;;/h2-5H,6H2,1H3;4H2,1-3H3;2*1H4. The van der Waals surface area contributed by atoms with Crippen LogP contribution in [0.25, 0.3) is 0 Å². The molecule has 0 aromatic heterocycles. The molecule has 1 aromatic rings. The molecule has 0 spiro atoms. The number of para-hydroxylation sites is 1. The molecule has 0 fully saturated rings. The molecule has 112 valence electrons. The van der Waals surface area contributed by atoms with Crippen LogP contribution in [-0.4, -0.2) is 23.8 Å². The maximum atomic E-state index is 5.12. The van der Waals surface area contributed by atoms with E-state index in [4.69, 9.17) is 4.74 Å². The van der Waals surface area contributed by atoms with Gasteiger partial charge in [0.05, 0.1) is 11.2 Å². The number of hydrogen-bond donors (Lipinski definition) is 0. The van der Waals surface area contributed by atoms with Gasteiger partial charge in [0.15, 0.2) is 5.90 Å². The Kier molecular flexibility index (Phi) is 6.63. The van der Waals surface area contributed by atoms with Crippen LogP contribution in [0.4, 0.5) is 5.69 Å². The van der Waals surface area contributed by atoms with E-state index in [0.717, 1.165) is 24.6 Å². The van der Waals surface area contributed by atoms with Crippen LogP contribution in [0, 0.1) is 0 Å². The highest BCUT2D eigenvalue weighted by Gasteiger charge is 2.23. The van der Waals surface area contributed by atoms with E-state index in [2.05, 4.69) is 49.0 Å². The van der Waals surface area contributed by atoms with Crippen LogP contribution in [-0.2, 0) is 11.2 Å². The number of ether oxygens (including phenoxy) is 1. The Labute approximate surface area is 123 Å². The van der Waals surface area contributed by atoms with Crippen LogP contribution in [0.2, 0.25) is 0 Å². The van der Waals surface area contributed by atoms with E-state index in [0.29, 0.717) is 0 Å². The summed E-state index contributed by atoms with van der Waals surface area (Å²) in [5, 5.41) is 0. The summed E-state index contributed by atoms with van der Waals surface area (Å²) in [6.07, 6.45) is 1.04. The number of rotatable bonds is 0. The summed E-state index contributed by atoms with van der Waals surface area (Å²) in [5.74, 6) is 0.815. The Morgan fingerprint density at radius 1 is 1.10 bits per heavy atom. The molecule has 0 amide bonds. The van der Waals surface area contributed by atoms with Crippen molar-refractivity contribution in [3.8, 4) is 0 Å². The molecule has 2 aliphatic heterocycles. The van der Waals surface area contributed by atoms with Gasteiger partial charge in [0.1, 0.15) is 6.61 Å². The van der Waals surface area contributed by atoms with Gasteiger partial charge in [0.25, 0.3) is 0 Å². The molecule has 0 unspecified atom stereocenters. The molecule has 2 aliphatic rings. The molecule has 0 atom stereocenters. The first-order valence-corrected chi connectivity index (χ1v) is 6.28. The highest BCUT2D eigenvalue weighted by Crippen LogP contribution is 2.25. The molecule has 1 aromatic carbocycles. The second kappa shape index (κ2) is 7.22. The average Bonchev–Trinajstić information content (AvgIpc) is 2.80. The minimum Gasteiger partial charge on any atom is -0.479 e. The number of aliphatic imine (C=N–C) groups is 2. The van der Waals surface area contributed by atoms with E-state index in [1.165, 1.54) is 11.3 Å². The lowest BCUT2D eigenvalue weighted by Crippen LogP contribution is -2.17. The van der Waals surface area contributed by atoms with Crippen molar-refractivity contribution in [3.63, 3.8) is 0 Å². The number of hydrogen-bond acceptors (Lipinski definition) is 3. The van der Waals surface area contributed by atoms with Gasteiger partial charge in [0.2, 0.25) is 0 Å². The Hall–Kier alpha value is -1.64. The van der Waals surface area contributed by atoms with E-state index in [-0.39, 0.29) is 20.4 Å². The molecular formula is C17H28N2O. The van der Waals surface area contributed by atoms with E-state index < -0.39 is 0 Å². The zero-order chi connectivity index (χ0) is 13.2. The van der Waals surface area contributed by atoms with Gasteiger partial charge in [-0.05, 0) is 32.4 Å². The van der Waals surface area contributed by atoms with Gasteiger partial charge in [-0.2, -0.15) is 0 Å². The fourth-order valence-electron chi connectivity index (χ4n) is 2.06. The van der Waals surface area contributed by atoms with E-state index in [1.54, 1.807) is 0 Å². The maximum absolute atomic E-state index is 5.12. The molecule has 3 heteroatoms. The molecule has 0 N–H and O–H groups in total. The molecular weight excluding hydrogens is 248 g/mol. The van der Waals surface area contributed by atoms with Crippen molar-refractivity contribution in [1.82, 2.24) is 0 Å². The lowest BCUT2D eigenvalue weighted by Gasteiger charge is -2.07. The molecule has 3 nitrogen and oxygen atoms in total. The Morgan fingerprint density at radius 3 is 2.20 bits per heavy atom. The first-order valence-electron chi connectivity index (χ1n) is 6.28. The van der Waals surface area contributed by atoms with Crippen LogP contribution in [0.3, 0.4) is 0 Å². The van der Waals surface area contributed by atoms with Gasteiger partial charge in [-0.3, -0.25) is 4.99 Å². The summed E-state index contributed by atoms with van der Waals surface area (Å²) < 4.78 is 5.12. The lowest BCUT2D eigenvalue weighted by atomic mass is 10.1. The predicted molar refractivity (Wildman–Crippen MR) is 89.5 cm³/mol. The van der Waals surface area contributed by atoms with Gasteiger partial charge in [-0.25, -0.2) is 4.99 Å². The SMILES string of the molecule is C.C.CC1=NC(C)(C)CO1.CC1=Nc2ccccc2C1. The van der Waals surface area contributed by atoms with Crippen molar-refractivity contribution >= 4 is 17.3 Å². The minimum absolute atomic E-state index is 0. The number of benzene rings is 1. The summed E-state index contributed by atoms with van der Waals surface area (Å²) in [4.78, 5) is 8.58. The van der Waals surface area contributed by atoms with Gasteiger partial charge in [-0.15, -0.1) is 0 Å². The van der Waals surface area contributed by atoms with Crippen molar-refractivity contribution in [2.24, 2.45) is 9.98 Å². The Bertz CT molecular complexity index is 501. The van der Waals surface area contributed by atoms with Crippen LogP contribution < -0.4 is 0 Å². The normalized spacial score (nSPS) is 17.2. The largest absolute Gasteiger partial charge is 0.479 e. The number of nitrogens with zero attached hydrogens (tertiary/aromatic N) is 2. The zero-order valence-electron chi connectivity index (χ0n) is 11.5. The summed E-state index contributed by atoms with van der Waals surface area (Å²) in [6, 6.07) is 8.29. The number of fused-ring (bicyclic) bond motifs is 1. The van der Waals surface area contributed by atoms with Crippen molar-refractivity contribution in [3.05, 3.63) is 29.8 Å². The smallest absolute Gasteiger partial charge is 0.180 e. The maximum Gasteiger partial charge on any atom is 0.180 e. The average molecular weight is 276 g/mol. The second-order valence-corrected chi connectivity index (χ2v) is 5.38. The highest BCUT2D eigenvalue weighted by atomic mass is 16.5. The van der Waals surface area contributed by atoms with E-state index in [1.807, 2.05) is 13.0 Å². The monoisotopic (exact) mass is 276 g/mol. The van der Waals surface area contributed by atoms with E-state index in [9.17, 15) is 0 Å². The second-order valence-electron chi connectivity index (χ2n) is 5.38. The minimum atomic E-state index is 0. The summed E-state index contributed by atoms with van der Waals surface area (Å²) in [7, 11) is 0. The Balaban J connectivity index is 0.000000336. The van der Waals surface area contributed by atoms with Gasteiger partial charge in [-0.1, -0.05) is 33.1 Å². The van der Waals surface area contributed by atoms with Gasteiger partial charge < -0.3 is 4.74 Å². The quantitative estimate of drug-likeness (QED) is 0.668. The highest BCUT2D eigenvalue weighted by molar-refractivity contribution is 5.91. The Morgan fingerprint density at radius 2 is 1.75 bits per heavy atom. The molecule has 0 bridgehead atoms. The third-order valence-electron chi connectivity index (χ3n) is 2.84. The van der Waals surface area contributed by atoms with Gasteiger partial charge in [0, 0.05) is 19.1 Å². The molecule has 0 saturated heterocycles. The molecule has 0 saturated carbocycles. The van der Waals surface area contributed by atoms with Gasteiger partial charge >= 0.3 is 0 Å². The molecule has 0 radical (unpaired) electrons. The molecule has 20 heavy (non-hydrogen) atoms. The predicted octanol–water partition coefficient (Wildman–Crippen LogP) is 4.82. The molecule has 2 heterocycles. The molecule has 0 aliphatic carbocycles. The van der Waals surface area contributed by atoms with Crippen molar-refractivity contribution in [2.75, 3.05) is 6.61 Å². The summed E-state index contributed by atoms with van der Waals surface area (Å²) in [5.41, 5.74) is 3.77. The van der Waals surface area contributed by atoms with Crippen molar-refractivity contribution in [1.29, 1.82) is 0 Å². The van der Waals surface area contributed by atoms with E-state index >= 15 is 0 Å². The van der Waals surface area contributed by atoms with Crippen LogP contribution in [0.15, 0.2) is 34.3 Å². The third-order valence-corrected chi connectivity index (χ3v) is 2.84. The first kappa shape index (κ1) is 18.4. The fraction of sp³-hybridized carbons (Fsp3) is 0.529. The van der Waals surface area contributed by atoms with Crippen LogP contribution in [0.5, 0.6) is 0 Å².